The fourth-order valence-corrected chi connectivity index (χ4v) is 1.26. The van der Waals surface area contributed by atoms with E-state index in [0.717, 1.165) is 19.5 Å². The molecule has 0 rings (SSSR count). The zero-order chi connectivity index (χ0) is 11.0. The molecule has 0 bridgehead atoms. The molecule has 0 aromatic rings. The standard InChI is InChI=1S/C11H23NO2/c1-5-10(4)8-12(6-2)9-11(13)14-7-3/h10H,5-9H2,1-4H3. The van der Waals surface area contributed by atoms with E-state index in [1.807, 2.05) is 6.92 Å². The molecule has 0 heterocycles. The molecule has 1 atom stereocenters. The summed E-state index contributed by atoms with van der Waals surface area (Å²) in [5.41, 5.74) is 0. The maximum atomic E-state index is 11.2. The summed E-state index contributed by atoms with van der Waals surface area (Å²) in [5, 5.41) is 0. The number of likely N-dealkylation sites (N-methyl/N-ethyl adjacent to an activating group) is 1. The highest BCUT2D eigenvalue weighted by molar-refractivity contribution is 5.71. The Hall–Kier alpha value is -0.570. The molecule has 14 heavy (non-hydrogen) atoms. The molecule has 0 aliphatic carbocycles. The van der Waals surface area contributed by atoms with Gasteiger partial charge < -0.3 is 4.74 Å². The van der Waals surface area contributed by atoms with Crippen LogP contribution in [-0.2, 0) is 9.53 Å². The Balaban J connectivity index is 3.83. The number of carbonyl (C=O) groups excluding carboxylic acids is 1. The van der Waals surface area contributed by atoms with E-state index in [0.29, 0.717) is 19.1 Å². The van der Waals surface area contributed by atoms with Gasteiger partial charge in [-0.1, -0.05) is 27.2 Å². The second-order valence-corrected chi connectivity index (χ2v) is 3.65. The summed E-state index contributed by atoms with van der Waals surface area (Å²) in [6.45, 7) is 11.1. The topological polar surface area (TPSA) is 29.5 Å². The lowest BCUT2D eigenvalue weighted by molar-refractivity contribution is -0.144. The third kappa shape index (κ3) is 5.97. The predicted octanol–water partition coefficient (Wildman–Crippen LogP) is 1.92. The number of rotatable bonds is 7. The first kappa shape index (κ1) is 13.4. The van der Waals surface area contributed by atoms with Gasteiger partial charge in [0.15, 0.2) is 0 Å². The predicted molar refractivity (Wildman–Crippen MR) is 58.2 cm³/mol. The smallest absolute Gasteiger partial charge is 0.320 e. The SMILES string of the molecule is CCOC(=O)CN(CC)CC(C)CC. The van der Waals surface area contributed by atoms with Crippen LogP contribution in [0.4, 0.5) is 0 Å². The minimum Gasteiger partial charge on any atom is -0.465 e. The monoisotopic (exact) mass is 201 g/mol. The van der Waals surface area contributed by atoms with Crippen LogP contribution in [0, 0.1) is 5.92 Å². The minimum atomic E-state index is -0.113. The van der Waals surface area contributed by atoms with Crippen molar-refractivity contribution in [3.05, 3.63) is 0 Å². The first-order valence-corrected chi connectivity index (χ1v) is 5.51. The van der Waals surface area contributed by atoms with Crippen molar-refractivity contribution < 1.29 is 9.53 Å². The largest absolute Gasteiger partial charge is 0.465 e. The maximum absolute atomic E-state index is 11.2. The van der Waals surface area contributed by atoms with Gasteiger partial charge >= 0.3 is 5.97 Å². The lowest BCUT2D eigenvalue weighted by atomic mass is 10.1. The Bertz CT molecular complexity index is 159. The highest BCUT2D eigenvalue weighted by Crippen LogP contribution is 2.03. The third-order valence-electron chi connectivity index (χ3n) is 2.37. The molecule has 0 fully saturated rings. The van der Waals surface area contributed by atoms with Crippen molar-refractivity contribution in [1.82, 2.24) is 4.90 Å². The van der Waals surface area contributed by atoms with Crippen LogP contribution in [0.1, 0.15) is 34.1 Å². The molecule has 0 aliphatic rings. The Morgan fingerprint density at radius 3 is 2.43 bits per heavy atom. The molecule has 0 amide bonds. The van der Waals surface area contributed by atoms with Crippen molar-refractivity contribution in [2.75, 3.05) is 26.2 Å². The summed E-state index contributed by atoms with van der Waals surface area (Å²) in [6.07, 6.45) is 1.15. The molecule has 0 N–H and O–H groups in total. The third-order valence-corrected chi connectivity index (χ3v) is 2.37. The fourth-order valence-electron chi connectivity index (χ4n) is 1.26. The highest BCUT2D eigenvalue weighted by atomic mass is 16.5. The molecule has 0 radical (unpaired) electrons. The molecule has 84 valence electrons. The lowest BCUT2D eigenvalue weighted by Crippen LogP contribution is -2.34. The number of hydrogen-bond donors (Lipinski definition) is 0. The molecule has 3 heteroatoms. The molecule has 0 saturated carbocycles. The molecule has 0 aliphatic heterocycles. The Morgan fingerprint density at radius 1 is 1.36 bits per heavy atom. The van der Waals surface area contributed by atoms with E-state index < -0.39 is 0 Å². The highest BCUT2D eigenvalue weighted by Gasteiger charge is 2.11. The molecule has 0 saturated heterocycles. The van der Waals surface area contributed by atoms with Gasteiger partial charge in [-0.3, -0.25) is 9.69 Å². The Kier molecular flexibility index (Phi) is 7.48. The van der Waals surface area contributed by atoms with Crippen molar-refractivity contribution in [2.24, 2.45) is 5.92 Å². The van der Waals surface area contributed by atoms with Crippen LogP contribution in [-0.4, -0.2) is 37.1 Å². The van der Waals surface area contributed by atoms with Crippen molar-refractivity contribution in [2.45, 2.75) is 34.1 Å². The van der Waals surface area contributed by atoms with Crippen LogP contribution in [0.5, 0.6) is 0 Å². The zero-order valence-electron chi connectivity index (χ0n) is 9.88. The number of hydrogen-bond acceptors (Lipinski definition) is 3. The summed E-state index contributed by atoms with van der Waals surface area (Å²) in [6, 6.07) is 0. The quantitative estimate of drug-likeness (QED) is 0.589. The zero-order valence-corrected chi connectivity index (χ0v) is 9.88. The van der Waals surface area contributed by atoms with Gasteiger partial charge in [-0.2, -0.15) is 0 Å². The van der Waals surface area contributed by atoms with Crippen LogP contribution in [0.3, 0.4) is 0 Å². The van der Waals surface area contributed by atoms with Crippen LogP contribution in [0.15, 0.2) is 0 Å². The van der Waals surface area contributed by atoms with Crippen LogP contribution in [0.25, 0.3) is 0 Å². The van der Waals surface area contributed by atoms with E-state index in [-0.39, 0.29) is 5.97 Å². The van der Waals surface area contributed by atoms with Crippen molar-refractivity contribution in [3.63, 3.8) is 0 Å². The van der Waals surface area contributed by atoms with E-state index in [1.165, 1.54) is 0 Å². The van der Waals surface area contributed by atoms with E-state index >= 15 is 0 Å². The van der Waals surface area contributed by atoms with Gasteiger partial charge in [0.1, 0.15) is 0 Å². The van der Waals surface area contributed by atoms with E-state index in [4.69, 9.17) is 4.74 Å². The van der Waals surface area contributed by atoms with E-state index in [1.54, 1.807) is 0 Å². The van der Waals surface area contributed by atoms with Gasteiger partial charge in [-0.15, -0.1) is 0 Å². The molecule has 0 spiro atoms. The average molecular weight is 201 g/mol. The van der Waals surface area contributed by atoms with Crippen LogP contribution < -0.4 is 0 Å². The van der Waals surface area contributed by atoms with Gasteiger partial charge in [-0.05, 0) is 19.4 Å². The fraction of sp³-hybridized carbons (Fsp3) is 0.909. The van der Waals surface area contributed by atoms with Gasteiger partial charge in [-0.25, -0.2) is 0 Å². The molecular formula is C11H23NO2. The second-order valence-electron chi connectivity index (χ2n) is 3.65. The first-order chi connectivity index (χ1) is 6.63. The van der Waals surface area contributed by atoms with E-state index in [2.05, 4.69) is 25.7 Å². The molecule has 0 aromatic heterocycles. The Labute approximate surface area is 87.4 Å². The van der Waals surface area contributed by atoms with Gasteiger partial charge in [0.25, 0.3) is 0 Å². The summed E-state index contributed by atoms with van der Waals surface area (Å²) < 4.78 is 4.91. The van der Waals surface area contributed by atoms with Gasteiger partial charge in [0, 0.05) is 6.54 Å². The lowest BCUT2D eigenvalue weighted by Gasteiger charge is -2.22. The summed E-state index contributed by atoms with van der Waals surface area (Å²) >= 11 is 0. The normalized spacial score (nSPS) is 12.9. The van der Waals surface area contributed by atoms with Crippen LogP contribution >= 0.6 is 0 Å². The van der Waals surface area contributed by atoms with Gasteiger partial charge in [0.2, 0.25) is 0 Å². The minimum absolute atomic E-state index is 0.113. The summed E-state index contributed by atoms with van der Waals surface area (Å²) in [4.78, 5) is 13.3. The molecule has 1 unspecified atom stereocenters. The number of carbonyl (C=O) groups is 1. The van der Waals surface area contributed by atoms with E-state index in [9.17, 15) is 4.79 Å². The first-order valence-electron chi connectivity index (χ1n) is 5.51. The molecule has 3 nitrogen and oxygen atoms in total. The summed E-state index contributed by atoms with van der Waals surface area (Å²) in [7, 11) is 0. The van der Waals surface area contributed by atoms with Crippen molar-refractivity contribution in [1.29, 1.82) is 0 Å². The number of nitrogens with zero attached hydrogens (tertiary/aromatic N) is 1. The molecular weight excluding hydrogens is 178 g/mol. The Morgan fingerprint density at radius 2 is 2.00 bits per heavy atom. The number of ether oxygens (including phenoxy) is 1. The summed E-state index contributed by atoms with van der Waals surface area (Å²) in [5.74, 6) is 0.530. The van der Waals surface area contributed by atoms with Gasteiger partial charge in [0.05, 0.1) is 13.2 Å². The molecule has 0 aromatic carbocycles. The van der Waals surface area contributed by atoms with Crippen LogP contribution in [0.2, 0.25) is 0 Å². The van der Waals surface area contributed by atoms with Crippen molar-refractivity contribution in [3.8, 4) is 0 Å². The maximum Gasteiger partial charge on any atom is 0.320 e. The number of esters is 1. The van der Waals surface area contributed by atoms with Crippen molar-refractivity contribution >= 4 is 5.97 Å². The average Bonchev–Trinajstić information content (AvgIpc) is 2.16. The second kappa shape index (κ2) is 7.80.